The van der Waals surface area contributed by atoms with E-state index >= 15 is 0 Å². The molecule has 0 fully saturated rings. The summed E-state index contributed by atoms with van der Waals surface area (Å²) < 4.78 is 34.6. The summed E-state index contributed by atoms with van der Waals surface area (Å²) >= 11 is 1.40. The van der Waals surface area contributed by atoms with Gasteiger partial charge in [0.1, 0.15) is 29.8 Å². The standard InChI is InChI=1S/C29H28F2N4O3S/c1-29(2,3)27-25-26(18-6-8-19(30)9-7-18)39-17-24(37)34(16-23(36)32-15-22-5-4-14-38-22)28(25)35(33-27)21-12-10-20(31)11-13-21/h4-14,26H,15-17H2,1-3H3,(H,32,36)/t26-/m1/s1. The first-order chi connectivity index (χ1) is 18.6. The fourth-order valence-electron chi connectivity index (χ4n) is 4.53. The van der Waals surface area contributed by atoms with Crippen LogP contribution in [0.3, 0.4) is 0 Å². The van der Waals surface area contributed by atoms with Gasteiger partial charge in [0.2, 0.25) is 11.8 Å². The Hall–Kier alpha value is -3.92. The van der Waals surface area contributed by atoms with Crippen molar-refractivity contribution in [2.24, 2.45) is 0 Å². The van der Waals surface area contributed by atoms with Crippen LogP contribution < -0.4 is 10.2 Å². The number of thioether (sulfide) groups is 1. The largest absolute Gasteiger partial charge is 0.467 e. The summed E-state index contributed by atoms with van der Waals surface area (Å²) in [5, 5.41) is 7.39. The number of hydrogen-bond donors (Lipinski definition) is 1. The van der Waals surface area contributed by atoms with E-state index in [2.05, 4.69) is 5.32 Å². The zero-order valence-electron chi connectivity index (χ0n) is 21.8. The predicted octanol–water partition coefficient (Wildman–Crippen LogP) is 5.53. The first-order valence-electron chi connectivity index (χ1n) is 12.5. The second-order valence-electron chi connectivity index (χ2n) is 10.3. The van der Waals surface area contributed by atoms with Crippen LogP contribution in [0.25, 0.3) is 5.69 Å². The first kappa shape index (κ1) is 26.7. The van der Waals surface area contributed by atoms with E-state index < -0.39 is 11.2 Å². The maximum Gasteiger partial charge on any atom is 0.240 e. The second-order valence-corrected chi connectivity index (χ2v) is 11.4. The van der Waals surface area contributed by atoms with Crippen LogP contribution in [0.15, 0.2) is 71.3 Å². The Bertz CT molecular complexity index is 1480. The number of halogens is 2. The molecule has 3 heterocycles. The number of furan rings is 1. The van der Waals surface area contributed by atoms with Crippen LogP contribution in [-0.4, -0.2) is 33.9 Å². The predicted molar refractivity (Wildman–Crippen MR) is 146 cm³/mol. The average molecular weight is 551 g/mol. The van der Waals surface area contributed by atoms with Gasteiger partial charge in [0.15, 0.2) is 0 Å². The normalized spacial score (nSPS) is 15.7. The maximum absolute atomic E-state index is 13.8. The smallest absolute Gasteiger partial charge is 0.240 e. The van der Waals surface area contributed by atoms with Crippen molar-refractivity contribution in [1.82, 2.24) is 15.1 Å². The lowest BCUT2D eigenvalue weighted by Crippen LogP contribution is -2.42. The molecule has 7 nitrogen and oxygen atoms in total. The van der Waals surface area contributed by atoms with Crippen LogP contribution >= 0.6 is 11.8 Å². The second kappa shape index (κ2) is 10.7. The topological polar surface area (TPSA) is 80.4 Å². The number of nitrogens with one attached hydrogen (secondary N) is 1. The Morgan fingerprint density at radius 2 is 1.74 bits per heavy atom. The highest BCUT2D eigenvalue weighted by Crippen LogP contribution is 2.48. The highest BCUT2D eigenvalue weighted by atomic mass is 32.2. The lowest BCUT2D eigenvalue weighted by molar-refractivity contribution is -0.123. The highest BCUT2D eigenvalue weighted by molar-refractivity contribution is 8.00. The number of anilines is 1. The molecule has 0 aliphatic carbocycles. The summed E-state index contributed by atoms with van der Waals surface area (Å²) in [6.45, 7) is 5.98. The van der Waals surface area contributed by atoms with E-state index in [0.29, 0.717) is 17.3 Å². The molecule has 10 heteroatoms. The number of aromatic nitrogens is 2. The fourth-order valence-corrected chi connectivity index (χ4v) is 5.73. The number of amides is 2. The van der Waals surface area contributed by atoms with Crippen LogP contribution in [0.5, 0.6) is 0 Å². The van der Waals surface area contributed by atoms with Crippen LogP contribution in [0.1, 0.15) is 48.6 Å². The third kappa shape index (κ3) is 5.61. The van der Waals surface area contributed by atoms with E-state index in [4.69, 9.17) is 9.52 Å². The van der Waals surface area contributed by atoms with Crippen molar-refractivity contribution in [3.63, 3.8) is 0 Å². The molecule has 1 aliphatic rings. The Labute approximate surface area is 229 Å². The van der Waals surface area contributed by atoms with Crippen molar-refractivity contribution in [2.75, 3.05) is 17.2 Å². The van der Waals surface area contributed by atoms with Gasteiger partial charge in [0.05, 0.1) is 35.2 Å². The van der Waals surface area contributed by atoms with Crippen molar-refractivity contribution >= 4 is 29.4 Å². The SMILES string of the molecule is CC(C)(C)c1nn(-c2ccc(F)cc2)c2c1[C@@H](c1ccc(F)cc1)SCC(=O)N2CC(=O)NCc1ccco1. The van der Waals surface area contributed by atoms with Gasteiger partial charge in [-0.25, -0.2) is 13.5 Å². The number of rotatable bonds is 6. The van der Waals surface area contributed by atoms with Crippen molar-refractivity contribution < 1.29 is 22.8 Å². The molecule has 0 saturated heterocycles. The van der Waals surface area contributed by atoms with E-state index in [1.165, 1.54) is 47.2 Å². The maximum atomic E-state index is 13.8. The quantitative estimate of drug-likeness (QED) is 0.342. The summed E-state index contributed by atoms with van der Waals surface area (Å²) in [6, 6.07) is 15.5. The fraction of sp³-hybridized carbons (Fsp3) is 0.276. The molecule has 5 rings (SSSR count). The molecule has 1 aliphatic heterocycles. The van der Waals surface area contributed by atoms with Gasteiger partial charge in [-0.3, -0.25) is 14.5 Å². The molecule has 2 aromatic heterocycles. The minimum absolute atomic E-state index is 0.0924. The third-order valence-electron chi connectivity index (χ3n) is 6.39. The molecule has 2 amide bonds. The zero-order chi connectivity index (χ0) is 27.7. The average Bonchev–Trinajstić information content (AvgIpc) is 3.53. The van der Waals surface area contributed by atoms with Crippen LogP contribution in [-0.2, 0) is 21.5 Å². The number of carbonyl (C=O) groups is 2. The Kier molecular flexibility index (Phi) is 7.31. The molecule has 1 N–H and O–H groups in total. The molecule has 39 heavy (non-hydrogen) atoms. The number of nitrogens with zero attached hydrogens (tertiary/aromatic N) is 3. The Morgan fingerprint density at radius 1 is 1.08 bits per heavy atom. The van der Waals surface area contributed by atoms with Crippen molar-refractivity contribution in [3.8, 4) is 5.69 Å². The summed E-state index contributed by atoms with van der Waals surface area (Å²) in [6.07, 6.45) is 1.52. The molecule has 0 bridgehead atoms. The van der Waals surface area contributed by atoms with Gasteiger partial charge in [0.25, 0.3) is 0 Å². The molecular weight excluding hydrogens is 522 g/mol. The summed E-state index contributed by atoms with van der Waals surface area (Å²) in [5.74, 6) is -0.300. The Morgan fingerprint density at radius 3 is 2.36 bits per heavy atom. The monoisotopic (exact) mass is 550 g/mol. The summed E-state index contributed by atoms with van der Waals surface area (Å²) in [5.41, 5.74) is 2.38. The van der Waals surface area contributed by atoms with E-state index in [1.807, 2.05) is 20.8 Å². The van der Waals surface area contributed by atoms with Gasteiger partial charge >= 0.3 is 0 Å². The molecule has 2 aromatic carbocycles. The van der Waals surface area contributed by atoms with E-state index in [1.54, 1.807) is 41.1 Å². The molecule has 0 saturated carbocycles. The van der Waals surface area contributed by atoms with Crippen LogP contribution in [0.2, 0.25) is 0 Å². The molecule has 0 unspecified atom stereocenters. The van der Waals surface area contributed by atoms with Gasteiger partial charge in [-0.1, -0.05) is 32.9 Å². The van der Waals surface area contributed by atoms with E-state index in [9.17, 15) is 18.4 Å². The van der Waals surface area contributed by atoms with Crippen molar-refractivity contribution in [1.29, 1.82) is 0 Å². The molecule has 202 valence electrons. The minimum atomic E-state index is -0.450. The van der Waals surface area contributed by atoms with Gasteiger partial charge in [0, 0.05) is 11.0 Å². The minimum Gasteiger partial charge on any atom is -0.467 e. The zero-order valence-corrected chi connectivity index (χ0v) is 22.6. The number of benzene rings is 2. The van der Waals surface area contributed by atoms with E-state index in [-0.39, 0.29) is 41.7 Å². The molecule has 0 radical (unpaired) electrons. The van der Waals surface area contributed by atoms with Crippen LogP contribution in [0, 0.1) is 11.6 Å². The van der Waals surface area contributed by atoms with Gasteiger partial charge in [-0.05, 0) is 54.1 Å². The highest BCUT2D eigenvalue weighted by Gasteiger charge is 2.40. The molecular formula is C29H28F2N4O3S. The lowest BCUT2D eigenvalue weighted by atomic mass is 9.87. The van der Waals surface area contributed by atoms with Crippen LogP contribution in [0.4, 0.5) is 14.6 Å². The van der Waals surface area contributed by atoms with E-state index in [0.717, 1.165) is 16.8 Å². The lowest BCUT2D eigenvalue weighted by Gasteiger charge is -2.24. The number of carbonyl (C=O) groups excluding carboxylic acids is 2. The summed E-state index contributed by atoms with van der Waals surface area (Å²) in [4.78, 5) is 28.1. The molecule has 1 atom stereocenters. The Balaban J connectivity index is 1.66. The van der Waals surface area contributed by atoms with Gasteiger partial charge in [-0.2, -0.15) is 5.10 Å². The summed E-state index contributed by atoms with van der Waals surface area (Å²) in [7, 11) is 0. The molecule has 4 aromatic rings. The molecule has 0 spiro atoms. The van der Waals surface area contributed by atoms with Gasteiger partial charge in [-0.15, -0.1) is 11.8 Å². The van der Waals surface area contributed by atoms with Crippen molar-refractivity contribution in [3.05, 3.63) is 101 Å². The first-order valence-corrected chi connectivity index (χ1v) is 13.5. The number of fused-ring (bicyclic) bond motifs is 1. The number of hydrogen-bond acceptors (Lipinski definition) is 5. The van der Waals surface area contributed by atoms with Gasteiger partial charge < -0.3 is 9.73 Å². The van der Waals surface area contributed by atoms with Crippen molar-refractivity contribution in [2.45, 2.75) is 38.0 Å². The third-order valence-corrected chi connectivity index (χ3v) is 7.64.